The van der Waals surface area contributed by atoms with E-state index in [9.17, 15) is 4.39 Å². The molecule has 0 heterocycles. The van der Waals surface area contributed by atoms with Gasteiger partial charge in [-0.2, -0.15) is 0 Å². The van der Waals surface area contributed by atoms with Gasteiger partial charge in [-0.3, -0.25) is 4.90 Å². The van der Waals surface area contributed by atoms with Gasteiger partial charge in [0, 0.05) is 23.2 Å². The zero-order valence-electron chi connectivity index (χ0n) is 10.7. The third-order valence-electron chi connectivity index (χ3n) is 2.83. The fourth-order valence-corrected chi connectivity index (χ4v) is 2.46. The molecule has 0 unspecified atom stereocenters. The van der Waals surface area contributed by atoms with E-state index in [2.05, 4.69) is 26.9 Å². The fourth-order valence-electron chi connectivity index (χ4n) is 2.05. The van der Waals surface area contributed by atoms with Crippen molar-refractivity contribution in [3.8, 4) is 0 Å². The molecule has 0 atom stereocenters. The van der Waals surface area contributed by atoms with Gasteiger partial charge in [-0.05, 0) is 42.4 Å². The number of nitrogen functional groups attached to an aromatic ring is 1. The Morgan fingerprint density at radius 2 is 1.89 bits per heavy atom. The number of nitrogens with zero attached hydrogens (tertiary/aromatic N) is 1. The molecule has 0 saturated heterocycles. The molecule has 2 aromatic rings. The average Bonchev–Trinajstić information content (AvgIpc) is 2.30. The van der Waals surface area contributed by atoms with Gasteiger partial charge >= 0.3 is 0 Å². The minimum absolute atomic E-state index is 0.288. The van der Waals surface area contributed by atoms with Gasteiger partial charge in [0.05, 0.1) is 0 Å². The minimum atomic E-state index is -0.288. The Kier molecular flexibility index (Phi) is 4.56. The van der Waals surface area contributed by atoms with Crippen LogP contribution in [0.1, 0.15) is 11.1 Å². The SMILES string of the molecule is CN(Cc1cc(N)cc(F)c1)Cc1ccccc1Br. The second-order valence-electron chi connectivity index (χ2n) is 4.66. The monoisotopic (exact) mass is 322 g/mol. The molecule has 2 N–H and O–H groups in total. The van der Waals surface area contributed by atoms with Gasteiger partial charge in [0.15, 0.2) is 0 Å². The lowest BCUT2D eigenvalue weighted by molar-refractivity contribution is 0.318. The first-order valence-electron chi connectivity index (χ1n) is 6.01. The van der Waals surface area contributed by atoms with Crippen molar-refractivity contribution in [2.24, 2.45) is 0 Å². The van der Waals surface area contributed by atoms with Gasteiger partial charge in [0.1, 0.15) is 5.82 Å². The topological polar surface area (TPSA) is 29.3 Å². The van der Waals surface area contributed by atoms with Crippen LogP contribution in [-0.4, -0.2) is 11.9 Å². The van der Waals surface area contributed by atoms with E-state index in [1.165, 1.54) is 17.7 Å². The smallest absolute Gasteiger partial charge is 0.125 e. The van der Waals surface area contributed by atoms with Crippen LogP contribution in [0.2, 0.25) is 0 Å². The van der Waals surface area contributed by atoms with Crippen molar-refractivity contribution in [2.45, 2.75) is 13.1 Å². The largest absolute Gasteiger partial charge is 0.399 e. The van der Waals surface area contributed by atoms with Crippen LogP contribution in [0.15, 0.2) is 46.9 Å². The van der Waals surface area contributed by atoms with Crippen LogP contribution in [0.25, 0.3) is 0 Å². The molecule has 0 bridgehead atoms. The quantitative estimate of drug-likeness (QED) is 0.867. The maximum atomic E-state index is 13.3. The number of halogens is 2. The van der Waals surface area contributed by atoms with Crippen molar-refractivity contribution >= 4 is 21.6 Å². The molecule has 0 aromatic heterocycles. The maximum absolute atomic E-state index is 13.3. The van der Waals surface area contributed by atoms with Crippen molar-refractivity contribution in [3.63, 3.8) is 0 Å². The zero-order chi connectivity index (χ0) is 13.8. The number of rotatable bonds is 4. The normalized spacial score (nSPS) is 10.9. The molecule has 0 amide bonds. The molecule has 4 heteroatoms. The van der Waals surface area contributed by atoms with Crippen molar-refractivity contribution < 1.29 is 4.39 Å². The van der Waals surface area contributed by atoms with E-state index >= 15 is 0 Å². The Labute approximate surface area is 121 Å². The lowest BCUT2D eigenvalue weighted by Crippen LogP contribution is -2.17. The number of nitrogens with two attached hydrogens (primary N) is 1. The van der Waals surface area contributed by atoms with E-state index < -0.39 is 0 Å². The molecule has 100 valence electrons. The van der Waals surface area contributed by atoms with E-state index in [1.54, 1.807) is 6.07 Å². The number of hydrogen-bond donors (Lipinski definition) is 1. The first-order valence-corrected chi connectivity index (χ1v) is 6.81. The molecule has 0 aliphatic heterocycles. The van der Waals surface area contributed by atoms with Crippen molar-refractivity contribution in [2.75, 3.05) is 12.8 Å². The molecule has 0 fully saturated rings. The van der Waals surface area contributed by atoms with Crippen LogP contribution >= 0.6 is 15.9 Å². The van der Waals surface area contributed by atoms with Gasteiger partial charge in [-0.25, -0.2) is 4.39 Å². The molecule has 19 heavy (non-hydrogen) atoms. The lowest BCUT2D eigenvalue weighted by atomic mass is 10.1. The summed E-state index contributed by atoms with van der Waals surface area (Å²) in [4.78, 5) is 2.12. The van der Waals surface area contributed by atoms with Crippen LogP contribution in [0.3, 0.4) is 0 Å². The first-order chi connectivity index (χ1) is 9.04. The number of anilines is 1. The van der Waals surface area contributed by atoms with E-state index in [4.69, 9.17) is 5.73 Å². The molecule has 0 aliphatic carbocycles. The number of benzene rings is 2. The van der Waals surface area contributed by atoms with E-state index in [0.717, 1.165) is 16.6 Å². The molecule has 2 aromatic carbocycles. The van der Waals surface area contributed by atoms with Crippen LogP contribution in [0, 0.1) is 5.82 Å². The average molecular weight is 323 g/mol. The van der Waals surface area contributed by atoms with Crippen molar-refractivity contribution in [3.05, 3.63) is 63.9 Å². The van der Waals surface area contributed by atoms with Gasteiger partial charge < -0.3 is 5.73 Å². The van der Waals surface area contributed by atoms with Gasteiger partial charge in [-0.15, -0.1) is 0 Å². The van der Waals surface area contributed by atoms with Crippen molar-refractivity contribution in [1.29, 1.82) is 0 Å². The van der Waals surface area contributed by atoms with Gasteiger partial charge in [0.25, 0.3) is 0 Å². The molecule has 0 spiro atoms. The molecular weight excluding hydrogens is 307 g/mol. The summed E-state index contributed by atoms with van der Waals surface area (Å²) in [6.07, 6.45) is 0. The zero-order valence-corrected chi connectivity index (χ0v) is 12.3. The first kappa shape index (κ1) is 14.0. The third-order valence-corrected chi connectivity index (χ3v) is 3.60. The maximum Gasteiger partial charge on any atom is 0.125 e. The predicted octanol–water partition coefficient (Wildman–Crippen LogP) is 3.80. The summed E-state index contributed by atoms with van der Waals surface area (Å²) in [5.74, 6) is -0.288. The predicted molar refractivity (Wildman–Crippen MR) is 80.1 cm³/mol. The Hall–Kier alpha value is -1.39. The summed E-state index contributed by atoms with van der Waals surface area (Å²) < 4.78 is 14.3. The number of hydrogen-bond acceptors (Lipinski definition) is 2. The third kappa shape index (κ3) is 4.04. The second kappa shape index (κ2) is 6.17. The Morgan fingerprint density at radius 1 is 1.16 bits per heavy atom. The molecule has 0 saturated carbocycles. The Morgan fingerprint density at radius 3 is 2.58 bits per heavy atom. The molecule has 0 aliphatic rings. The van der Waals surface area contributed by atoms with Crippen LogP contribution in [0.5, 0.6) is 0 Å². The highest BCUT2D eigenvalue weighted by Gasteiger charge is 2.06. The molecular formula is C15H16BrFN2. The standard InChI is InChI=1S/C15H16BrFN2/c1-19(10-12-4-2-3-5-15(12)16)9-11-6-13(17)8-14(18)7-11/h2-8H,9-10,18H2,1H3. The van der Waals surface area contributed by atoms with Gasteiger partial charge in [0.2, 0.25) is 0 Å². The van der Waals surface area contributed by atoms with Crippen LogP contribution in [-0.2, 0) is 13.1 Å². The van der Waals surface area contributed by atoms with E-state index in [1.807, 2.05) is 25.2 Å². The van der Waals surface area contributed by atoms with E-state index in [-0.39, 0.29) is 5.82 Å². The Balaban J connectivity index is 2.05. The molecule has 0 radical (unpaired) electrons. The van der Waals surface area contributed by atoms with Crippen molar-refractivity contribution in [1.82, 2.24) is 4.90 Å². The highest BCUT2D eigenvalue weighted by molar-refractivity contribution is 9.10. The minimum Gasteiger partial charge on any atom is -0.399 e. The van der Waals surface area contributed by atoms with Crippen LogP contribution in [0.4, 0.5) is 10.1 Å². The highest BCUT2D eigenvalue weighted by Crippen LogP contribution is 2.19. The summed E-state index contributed by atoms with van der Waals surface area (Å²) in [6.45, 7) is 1.45. The summed E-state index contributed by atoms with van der Waals surface area (Å²) in [5, 5.41) is 0. The summed E-state index contributed by atoms with van der Waals surface area (Å²) >= 11 is 3.53. The summed E-state index contributed by atoms with van der Waals surface area (Å²) in [5.41, 5.74) is 8.19. The lowest BCUT2D eigenvalue weighted by Gasteiger charge is -2.18. The summed E-state index contributed by atoms with van der Waals surface area (Å²) in [7, 11) is 2.00. The molecule has 2 nitrogen and oxygen atoms in total. The highest BCUT2D eigenvalue weighted by atomic mass is 79.9. The molecule has 2 rings (SSSR count). The van der Waals surface area contributed by atoms with Gasteiger partial charge in [-0.1, -0.05) is 34.1 Å². The fraction of sp³-hybridized carbons (Fsp3) is 0.200. The van der Waals surface area contributed by atoms with Crippen LogP contribution < -0.4 is 5.73 Å². The Bertz CT molecular complexity index is 552. The second-order valence-corrected chi connectivity index (χ2v) is 5.51. The summed E-state index contributed by atoms with van der Waals surface area (Å²) in [6, 6.07) is 12.7. The van der Waals surface area contributed by atoms with E-state index in [0.29, 0.717) is 12.2 Å².